The molecule has 3 aromatic rings. The van der Waals surface area contributed by atoms with Gasteiger partial charge >= 0.3 is 5.97 Å². The second-order valence-electron chi connectivity index (χ2n) is 11.1. The fourth-order valence-corrected chi connectivity index (χ4v) is 5.92. The predicted octanol–water partition coefficient (Wildman–Crippen LogP) is 5.27. The number of methoxy groups -OCH3 is 1. The van der Waals surface area contributed by atoms with Crippen LogP contribution in [0, 0.1) is 11.2 Å². The maximum absolute atomic E-state index is 15.0. The number of carbonyl (C=O) groups is 3. The van der Waals surface area contributed by atoms with Crippen LogP contribution in [-0.4, -0.2) is 53.1 Å². The van der Waals surface area contributed by atoms with Gasteiger partial charge in [-0.15, -0.1) is 0 Å². The first-order chi connectivity index (χ1) is 19.8. The van der Waals surface area contributed by atoms with Gasteiger partial charge in [0.2, 0.25) is 17.6 Å². The average Bonchev–Trinajstić information content (AvgIpc) is 3.42. The van der Waals surface area contributed by atoms with Crippen molar-refractivity contribution in [2.75, 3.05) is 24.3 Å². The summed E-state index contributed by atoms with van der Waals surface area (Å²) in [6, 6.07) is 8.88. The molecule has 0 bridgehead atoms. The van der Waals surface area contributed by atoms with Gasteiger partial charge in [-0.25, -0.2) is 19.2 Å². The third kappa shape index (κ3) is 5.90. The Labute approximate surface area is 252 Å². The van der Waals surface area contributed by atoms with Crippen molar-refractivity contribution in [3.63, 3.8) is 0 Å². The number of nitrogens with zero attached hydrogens (tertiary/aromatic N) is 2. The largest absolute Gasteiger partial charge is 0.495 e. The van der Waals surface area contributed by atoms with E-state index in [1.54, 1.807) is 18.3 Å². The van der Waals surface area contributed by atoms with Crippen molar-refractivity contribution in [1.29, 1.82) is 0 Å². The molecule has 5 rings (SSSR count). The number of carbonyl (C=O) groups excluding carboxylic acids is 2. The van der Waals surface area contributed by atoms with E-state index in [-0.39, 0.29) is 33.2 Å². The first-order valence-corrected chi connectivity index (χ1v) is 13.7. The lowest BCUT2D eigenvalue weighted by Crippen LogP contribution is -2.49. The molecule has 10 nitrogen and oxygen atoms in total. The summed E-state index contributed by atoms with van der Waals surface area (Å²) in [5, 5.41) is 17.5. The predicted molar refractivity (Wildman–Crippen MR) is 157 cm³/mol. The smallest absolute Gasteiger partial charge is 0.335 e. The lowest BCUT2D eigenvalue weighted by Gasteiger charge is -2.37. The van der Waals surface area contributed by atoms with Crippen molar-refractivity contribution in [2.24, 2.45) is 5.41 Å². The highest BCUT2D eigenvalue weighted by Crippen LogP contribution is 2.54. The molecule has 0 aliphatic carbocycles. The number of carboxylic acid groups (broad SMARTS) is 1. The monoisotopic (exact) mass is 617 g/mol. The van der Waals surface area contributed by atoms with Gasteiger partial charge in [0.25, 0.3) is 0 Å². The van der Waals surface area contributed by atoms with E-state index in [9.17, 15) is 18.8 Å². The number of nitrogens with one attached hydrogen (secondary N) is 3. The van der Waals surface area contributed by atoms with Crippen LogP contribution in [0.5, 0.6) is 5.75 Å². The first kappa shape index (κ1) is 31.1. The Morgan fingerprint density at radius 2 is 2.02 bits per heavy atom. The molecule has 3 atom stereocenters. The molecule has 3 heterocycles. The molecule has 2 amide bonds. The van der Waals surface area contributed by atoms with Crippen molar-refractivity contribution in [3.05, 3.63) is 75.4 Å². The van der Waals surface area contributed by atoms with Gasteiger partial charge in [0.15, 0.2) is 0 Å². The zero-order chi connectivity index (χ0) is 30.8. The number of fused-ring (bicyclic) bond motifs is 2. The minimum atomic E-state index is -1.04. The molecule has 2 aromatic carbocycles. The summed E-state index contributed by atoms with van der Waals surface area (Å²) in [5.41, 5.74) is 0.507. The molecule has 222 valence electrons. The minimum absolute atomic E-state index is 0.0397. The molecular weight excluding hydrogens is 588 g/mol. The Morgan fingerprint density at radius 3 is 2.67 bits per heavy atom. The van der Waals surface area contributed by atoms with E-state index in [2.05, 4.69) is 46.7 Å². The lowest BCUT2D eigenvalue weighted by atomic mass is 9.64. The third-order valence-corrected chi connectivity index (χ3v) is 7.79. The van der Waals surface area contributed by atoms with E-state index in [1.807, 2.05) is 0 Å². The second kappa shape index (κ2) is 12.2. The van der Waals surface area contributed by atoms with Gasteiger partial charge in [-0.05, 0) is 53.3 Å². The summed E-state index contributed by atoms with van der Waals surface area (Å²) in [6.07, 6.45) is 2.79. The Bertz CT molecular complexity index is 1530. The van der Waals surface area contributed by atoms with Gasteiger partial charge in [0.05, 0.1) is 23.4 Å². The molecule has 42 heavy (non-hydrogen) atoms. The summed E-state index contributed by atoms with van der Waals surface area (Å²) in [7, 11) is 1.40. The zero-order valence-corrected chi connectivity index (χ0v) is 24.8. The van der Waals surface area contributed by atoms with Crippen molar-refractivity contribution >= 4 is 53.0 Å². The summed E-state index contributed by atoms with van der Waals surface area (Å²) in [5.74, 6) is -1.51. The number of benzene rings is 2. The fourth-order valence-electron chi connectivity index (χ4n) is 5.61. The van der Waals surface area contributed by atoms with Crippen molar-refractivity contribution < 1.29 is 28.6 Å². The number of halogens is 3. The highest BCUT2D eigenvalue weighted by atomic mass is 35.5. The number of aromatic carboxylic acids is 1. The first-order valence-electron chi connectivity index (χ1n) is 13.0. The van der Waals surface area contributed by atoms with Gasteiger partial charge in [0, 0.05) is 30.3 Å². The molecule has 13 heteroatoms. The maximum Gasteiger partial charge on any atom is 0.335 e. The van der Waals surface area contributed by atoms with Gasteiger partial charge in [0.1, 0.15) is 22.8 Å². The average molecular weight is 618 g/mol. The van der Waals surface area contributed by atoms with E-state index in [4.69, 9.17) is 33.0 Å². The van der Waals surface area contributed by atoms with E-state index in [0.717, 1.165) is 0 Å². The SMILES string of the molecule is CC(C)(C)CC1NCC(c2cccc(Cl)c2F)[C@]12C(=O)Nc1nc(Cl)ncc12.COc1cc(C(=O)O)ccc1NC=O. The standard InChI is InChI=1S/C20H21Cl2FN4O.C9H9NO4/c1-19(2,3)7-14-20(12-9-25-18(22)27-16(12)26-17(20)28)11(8-24-14)10-5-4-6-13(21)15(10)23;1-14-8-4-6(9(12)13)2-3-7(8)10-5-11/h4-6,9,11,14,24H,7-8H2,1-3H3,(H,25,26,27,28);2-5H,1H3,(H,10,11)(H,12,13)/t11?,14?,20-;/m1./s1. The highest BCUT2D eigenvalue weighted by molar-refractivity contribution is 6.30. The van der Waals surface area contributed by atoms with Gasteiger partial charge in [-0.3, -0.25) is 9.59 Å². The molecule has 0 radical (unpaired) electrons. The molecule has 2 aliphatic rings. The Kier molecular flexibility index (Phi) is 9.05. The fraction of sp³-hybridized carbons (Fsp3) is 0.345. The summed E-state index contributed by atoms with van der Waals surface area (Å²) in [4.78, 5) is 42.5. The van der Waals surface area contributed by atoms with Crippen molar-refractivity contribution in [1.82, 2.24) is 15.3 Å². The number of ether oxygens (including phenoxy) is 1. The van der Waals surface area contributed by atoms with Gasteiger partial charge in [-0.1, -0.05) is 44.5 Å². The van der Waals surface area contributed by atoms with Crippen LogP contribution in [0.2, 0.25) is 10.3 Å². The van der Waals surface area contributed by atoms with Crippen LogP contribution in [0.25, 0.3) is 0 Å². The number of anilines is 2. The molecule has 2 unspecified atom stereocenters. The molecule has 1 fully saturated rings. The third-order valence-electron chi connectivity index (χ3n) is 7.32. The van der Waals surface area contributed by atoms with Crippen LogP contribution < -0.4 is 20.7 Å². The number of carboxylic acids is 1. The molecule has 1 saturated heterocycles. The molecular formula is C29H30Cl2FN5O5. The Balaban J connectivity index is 0.000000244. The summed E-state index contributed by atoms with van der Waals surface area (Å²) in [6.45, 7) is 6.78. The molecule has 0 saturated carbocycles. The van der Waals surface area contributed by atoms with Gasteiger partial charge < -0.3 is 25.8 Å². The zero-order valence-electron chi connectivity index (χ0n) is 23.3. The summed E-state index contributed by atoms with van der Waals surface area (Å²) >= 11 is 12.0. The van der Waals surface area contributed by atoms with Crippen LogP contribution >= 0.6 is 23.2 Å². The molecule has 1 spiro atoms. The topological polar surface area (TPSA) is 143 Å². The molecule has 1 aromatic heterocycles. The van der Waals surface area contributed by atoms with Crippen molar-refractivity contribution in [3.8, 4) is 5.75 Å². The van der Waals surface area contributed by atoms with E-state index in [0.29, 0.717) is 47.8 Å². The van der Waals surface area contributed by atoms with E-state index < -0.39 is 23.1 Å². The number of hydrogen-bond acceptors (Lipinski definition) is 7. The number of hydrogen-bond donors (Lipinski definition) is 4. The number of aromatic nitrogens is 2. The Morgan fingerprint density at radius 1 is 1.29 bits per heavy atom. The highest BCUT2D eigenvalue weighted by Gasteiger charge is 2.62. The van der Waals surface area contributed by atoms with Crippen LogP contribution in [0.4, 0.5) is 15.9 Å². The molecule has 4 N–H and O–H groups in total. The number of amides is 2. The van der Waals surface area contributed by atoms with Crippen LogP contribution in [-0.2, 0) is 15.0 Å². The quantitative estimate of drug-likeness (QED) is 0.216. The number of rotatable bonds is 6. The second-order valence-corrected chi connectivity index (χ2v) is 11.9. The molecule has 2 aliphatic heterocycles. The van der Waals surface area contributed by atoms with Crippen molar-refractivity contribution in [2.45, 2.75) is 44.6 Å². The van der Waals surface area contributed by atoms with Crippen LogP contribution in [0.1, 0.15) is 54.6 Å². The maximum atomic E-state index is 15.0. The van der Waals surface area contributed by atoms with Crippen LogP contribution in [0.3, 0.4) is 0 Å². The van der Waals surface area contributed by atoms with E-state index >= 15 is 0 Å². The minimum Gasteiger partial charge on any atom is -0.495 e. The van der Waals surface area contributed by atoms with Gasteiger partial charge in [-0.2, -0.15) is 0 Å². The van der Waals surface area contributed by atoms with E-state index in [1.165, 1.54) is 31.4 Å². The Hall–Kier alpha value is -3.80. The van der Waals surface area contributed by atoms with Crippen LogP contribution in [0.15, 0.2) is 42.6 Å². The lowest BCUT2D eigenvalue weighted by molar-refractivity contribution is -0.122. The summed E-state index contributed by atoms with van der Waals surface area (Å²) < 4.78 is 19.9. The normalized spacial score (nSPS) is 20.8.